The predicted molar refractivity (Wildman–Crippen MR) is 120 cm³/mol. The van der Waals surface area contributed by atoms with Crippen molar-refractivity contribution in [1.82, 2.24) is 23.7 Å². The first-order chi connectivity index (χ1) is 15.5. The van der Waals surface area contributed by atoms with Crippen molar-refractivity contribution in [2.75, 3.05) is 52.5 Å². The van der Waals surface area contributed by atoms with E-state index >= 15 is 0 Å². The van der Waals surface area contributed by atoms with Crippen LogP contribution in [-0.4, -0.2) is 90.5 Å². The molecule has 3 heterocycles. The van der Waals surface area contributed by atoms with Gasteiger partial charge < -0.3 is 14.2 Å². The lowest BCUT2D eigenvalue weighted by molar-refractivity contribution is -0.134. The van der Waals surface area contributed by atoms with Crippen molar-refractivity contribution in [3.63, 3.8) is 0 Å². The number of rotatable bonds is 6. The summed E-state index contributed by atoms with van der Waals surface area (Å²) in [4.78, 5) is 21.7. The third-order valence-corrected chi connectivity index (χ3v) is 8.59. The molecule has 174 valence electrons. The number of hydrogen-bond acceptors (Lipinski definition) is 6. The molecule has 0 N–H and O–H groups in total. The van der Waals surface area contributed by atoms with Crippen LogP contribution in [0.25, 0.3) is 11.0 Å². The molecule has 1 aromatic heterocycles. The van der Waals surface area contributed by atoms with Crippen LogP contribution in [-0.2, 0) is 32.6 Å². The van der Waals surface area contributed by atoms with Crippen LogP contribution in [0.3, 0.4) is 0 Å². The molecular weight excluding hydrogens is 430 g/mol. The van der Waals surface area contributed by atoms with Crippen LogP contribution in [0.4, 0.5) is 0 Å². The fourth-order valence-corrected chi connectivity index (χ4v) is 6.07. The largest absolute Gasteiger partial charge is 0.379 e. The minimum absolute atomic E-state index is 0.272. The maximum Gasteiger partial charge on any atom is 0.243 e. The van der Waals surface area contributed by atoms with E-state index in [1.165, 1.54) is 4.31 Å². The maximum atomic E-state index is 13.0. The maximum absolute atomic E-state index is 13.0. The molecule has 1 aliphatic carbocycles. The highest BCUT2D eigenvalue weighted by Crippen LogP contribution is 2.31. The van der Waals surface area contributed by atoms with Gasteiger partial charge in [0.1, 0.15) is 5.82 Å². The Morgan fingerprint density at radius 2 is 1.81 bits per heavy atom. The Morgan fingerprint density at radius 1 is 1.09 bits per heavy atom. The van der Waals surface area contributed by atoms with Gasteiger partial charge in [0, 0.05) is 51.7 Å². The van der Waals surface area contributed by atoms with Crippen molar-refractivity contribution >= 4 is 27.0 Å². The van der Waals surface area contributed by atoms with E-state index in [9.17, 15) is 13.2 Å². The van der Waals surface area contributed by atoms with E-state index in [0.717, 1.165) is 56.9 Å². The molecule has 9 nitrogen and oxygen atoms in total. The molecule has 2 saturated heterocycles. The Hall–Kier alpha value is -2.01. The molecule has 1 saturated carbocycles. The number of carbonyl (C=O) groups excluding carboxylic acids is 1. The fraction of sp³-hybridized carbons (Fsp3) is 0.636. The molecule has 32 heavy (non-hydrogen) atoms. The van der Waals surface area contributed by atoms with E-state index in [-0.39, 0.29) is 10.8 Å². The van der Waals surface area contributed by atoms with Crippen molar-refractivity contribution in [1.29, 1.82) is 0 Å². The molecule has 0 unspecified atom stereocenters. The summed E-state index contributed by atoms with van der Waals surface area (Å²) in [5.41, 5.74) is 1.66. The molecule has 1 aromatic carbocycles. The van der Waals surface area contributed by atoms with Crippen LogP contribution in [0.1, 0.15) is 25.6 Å². The number of aromatic nitrogens is 2. The Bertz CT molecular complexity index is 1100. The zero-order chi connectivity index (χ0) is 22.3. The molecule has 0 bridgehead atoms. The van der Waals surface area contributed by atoms with E-state index in [1.54, 1.807) is 12.1 Å². The smallest absolute Gasteiger partial charge is 0.243 e. The van der Waals surface area contributed by atoms with Crippen molar-refractivity contribution < 1.29 is 17.9 Å². The van der Waals surface area contributed by atoms with Crippen LogP contribution >= 0.6 is 0 Å². The van der Waals surface area contributed by atoms with Crippen molar-refractivity contribution in [3.8, 4) is 0 Å². The van der Waals surface area contributed by atoms with Gasteiger partial charge in [-0.15, -0.1) is 0 Å². The highest BCUT2D eigenvalue weighted by atomic mass is 32.2. The summed E-state index contributed by atoms with van der Waals surface area (Å²) in [6.07, 6.45) is 2.09. The molecule has 1 amide bonds. The van der Waals surface area contributed by atoms with E-state index < -0.39 is 10.0 Å². The van der Waals surface area contributed by atoms with Crippen LogP contribution in [0.2, 0.25) is 0 Å². The highest BCUT2D eigenvalue weighted by Gasteiger charge is 2.34. The van der Waals surface area contributed by atoms with Gasteiger partial charge in [-0.05, 0) is 38.0 Å². The Morgan fingerprint density at radius 3 is 2.47 bits per heavy atom. The lowest BCUT2D eigenvalue weighted by Gasteiger charge is -2.34. The number of benzene rings is 1. The normalized spacial score (nSPS) is 21.3. The standard InChI is InChI=1S/C22H31N5O4S/c1-2-27-20-6-5-18(32(29,30)26-11-13-31-14-12-26)15-19(20)23-21(27)16-24-7-9-25(10-8-24)22(28)17-3-4-17/h5-6,15,17H,2-4,7-14,16H2,1H3. The topological polar surface area (TPSA) is 88.0 Å². The fourth-order valence-electron chi connectivity index (χ4n) is 4.64. The molecule has 2 aliphatic heterocycles. The summed E-state index contributed by atoms with van der Waals surface area (Å²) in [6, 6.07) is 5.25. The number of carbonyl (C=O) groups is 1. The second-order valence-electron chi connectivity index (χ2n) is 8.81. The minimum Gasteiger partial charge on any atom is -0.379 e. The van der Waals surface area contributed by atoms with E-state index in [0.29, 0.717) is 44.3 Å². The minimum atomic E-state index is -3.55. The van der Waals surface area contributed by atoms with Gasteiger partial charge in [0.2, 0.25) is 15.9 Å². The average Bonchev–Trinajstić information content (AvgIpc) is 3.61. The van der Waals surface area contributed by atoms with Crippen LogP contribution in [0, 0.1) is 5.92 Å². The van der Waals surface area contributed by atoms with Gasteiger partial charge in [0.05, 0.1) is 35.7 Å². The van der Waals surface area contributed by atoms with Crippen LogP contribution in [0.15, 0.2) is 23.1 Å². The molecule has 5 rings (SSSR count). The van der Waals surface area contributed by atoms with E-state index in [4.69, 9.17) is 9.72 Å². The van der Waals surface area contributed by atoms with Gasteiger partial charge >= 0.3 is 0 Å². The van der Waals surface area contributed by atoms with Crippen molar-refractivity contribution in [2.45, 2.75) is 37.8 Å². The van der Waals surface area contributed by atoms with Gasteiger partial charge in [-0.2, -0.15) is 4.31 Å². The van der Waals surface area contributed by atoms with E-state index in [2.05, 4.69) is 16.4 Å². The molecule has 3 fully saturated rings. The number of fused-ring (bicyclic) bond motifs is 1. The molecular formula is C22H31N5O4S. The van der Waals surface area contributed by atoms with Crippen LogP contribution < -0.4 is 0 Å². The van der Waals surface area contributed by atoms with Gasteiger partial charge in [-0.25, -0.2) is 13.4 Å². The summed E-state index contributed by atoms with van der Waals surface area (Å²) in [5.74, 6) is 1.53. The van der Waals surface area contributed by atoms with E-state index in [1.807, 2.05) is 11.0 Å². The Balaban J connectivity index is 1.33. The molecule has 0 atom stereocenters. The number of hydrogen-bond donors (Lipinski definition) is 0. The monoisotopic (exact) mass is 461 g/mol. The number of imidazole rings is 1. The zero-order valence-electron chi connectivity index (χ0n) is 18.6. The SMILES string of the molecule is CCn1c(CN2CCN(C(=O)C3CC3)CC2)nc2cc(S(=O)(=O)N3CCOCC3)ccc21. The van der Waals surface area contributed by atoms with Gasteiger partial charge in [0.15, 0.2) is 0 Å². The lowest BCUT2D eigenvalue weighted by atomic mass is 10.2. The third kappa shape index (κ3) is 4.16. The number of ether oxygens (including phenoxy) is 1. The Kier molecular flexibility index (Phi) is 5.96. The Labute approximate surface area is 189 Å². The summed E-state index contributed by atoms with van der Waals surface area (Å²) >= 11 is 0. The number of nitrogens with zero attached hydrogens (tertiary/aromatic N) is 5. The summed E-state index contributed by atoms with van der Waals surface area (Å²) in [5, 5.41) is 0. The number of sulfonamides is 1. The summed E-state index contributed by atoms with van der Waals surface area (Å²) in [7, 11) is -3.55. The predicted octanol–water partition coefficient (Wildman–Crippen LogP) is 1.13. The van der Waals surface area contributed by atoms with Crippen molar-refractivity contribution in [3.05, 3.63) is 24.0 Å². The van der Waals surface area contributed by atoms with Gasteiger partial charge in [-0.1, -0.05) is 0 Å². The number of aryl methyl sites for hydroxylation is 1. The molecule has 0 spiro atoms. The molecule has 2 aromatic rings. The molecule has 3 aliphatic rings. The highest BCUT2D eigenvalue weighted by molar-refractivity contribution is 7.89. The first-order valence-electron chi connectivity index (χ1n) is 11.6. The molecule has 0 radical (unpaired) electrons. The van der Waals surface area contributed by atoms with Crippen molar-refractivity contribution in [2.24, 2.45) is 5.92 Å². The lowest BCUT2D eigenvalue weighted by Crippen LogP contribution is -2.49. The molecule has 10 heteroatoms. The average molecular weight is 462 g/mol. The quantitative estimate of drug-likeness (QED) is 0.641. The van der Waals surface area contributed by atoms with Crippen LogP contribution in [0.5, 0.6) is 0 Å². The van der Waals surface area contributed by atoms with Gasteiger partial charge in [-0.3, -0.25) is 9.69 Å². The second kappa shape index (κ2) is 8.74. The third-order valence-electron chi connectivity index (χ3n) is 6.70. The number of morpholine rings is 1. The summed E-state index contributed by atoms with van der Waals surface area (Å²) in [6.45, 7) is 8.35. The zero-order valence-corrected chi connectivity index (χ0v) is 19.4. The second-order valence-corrected chi connectivity index (χ2v) is 10.8. The number of amides is 1. The van der Waals surface area contributed by atoms with Gasteiger partial charge in [0.25, 0.3) is 0 Å². The first-order valence-corrected chi connectivity index (χ1v) is 13.0. The first kappa shape index (κ1) is 21.8. The summed E-state index contributed by atoms with van der Waals surface area (Å²) < 4.78 is 35.0. The number of piperazine rings is 1.